The molecule has 1 aliphatic heterocycles. The second-order valence-electron chi connectivity index (χ2n) is 5.06. The van der Waals surface area contributed by atoms with Crippen LogP contribution in [0, 0.1) is 0 Å². The molecule has 1 N–H and O–H groups in total. The molecule has 0 spiro atoms. The minimum absolute atomic E-state index is 0.620. The average molecular weight is 218 g/mol. The molecule has 16 heavy (non-hydrogen) atoms. The van der Waals surface area contributed by atoms with Gasteiger partial charge in [-0.15, -0.1) is 0 Å². The fourth-order valence-electron chi connectivity index (χ4n) is 2.31. The Morgan fingerprint density at radius 1 is 1.38 bits per heavy atom. The summed E-state index contributed by atoms with van der Waals surface area (Å²) in [6, 6.07) is 9.44. The summed E-state index contributed by atoms with van der Waals surface area (Å²) in [6.07, 6.45) is 0. The van der Waals surface area contributed by atoms with Gasteiger partial charge in [0.15, 0.2) is 0 Å². The maximum atomic E-state index is 3.51. The van der Waals surface area contributed by atoms with E-state index in [9.17, 15) is 0 Å². The van der Waals surface area contributed by atoms with E-state index >= 15 is 0 Å². The maximum absolute atomic E-state index is 3.51. The number of benzene rings is 1. The van der Waals surface area contributed by atoms with Crippen LogP contribution in [0.5, 0.6) is 0 Å². The molecule has 0 bridgehead atoms. The summed E-state index contributed by atoms with van der Waals surface area (Å²) in [6.45, 7) is 7.78. The van der Waals surface area contributed by atoms with Crippen molar-refractivity contribution in [3.8, 4) is 0 Å². The molecule has 2 heteroatoms. The van der Waals surface area contributed by atoms with E-state index in [0.717, 1.165) is 19.6 Å². The Morgan fingerprint density at radius 2 is 2.12 bits per heavy atom. The zero-order chi connectivity index (χ0) is 11.5. The van der Waals surface area contributed by atoms with Crippen LogP contribution in [0.2, 0.25) is 0 Å². The van der Waals surface area contributed by atoms with Gasteiger partial charge in [-0.1, -0.05) is 24.3 Å². The largest absolute Gasteiger partial charge is 0.312 e. The molecule has 0 fully saturated rings. The van der Waals surface area contributed by atoms with Crippen LogP contribution < -0.4 is 5.32 Å². The van der Waals surface area contributed by atoms with E-state index in [1.807, 2.05) is 0 Å². The third-order valence-electron chi connectivity index (χ3n) is 3.59. The van der Waals surface area contributed by atoms with Gasteiger partial charge in [0, 0.05) is 31.6 Å². The summed E-state index contributed by atoms with van der Waals surface area (Å²) < 4.78 is 0. The molecule has 2 rings (SSSR count). The molecule has 0 amide bonds. The van der Waals surface area contributed by atoms with Gasteiger partial charge >= 0.3 is 0 Å². The van der Waals surface area contributed by atoms with Crippen molar-refractivity contribution < 1.29 is 0 Å². The van der Waals surface area contributed by atoms with E-state index in [0.29, 0.717) is 12.0 Å². The highest BCUT2D eigenvalue weighted by atomic mass is 15.1. The van der Waals surface area contributed by atoms with E-state index in [1.165, 1.54) is 11.1 Å². The summed E-state index contributed by atoms with van der Waals surface area (Å²) in [5.74, 6) is 0.636. The highest BCUT2D eigenvalue weighted by Crippen LogP contribution is 2.24. The molecule has 88 valence electrons. The van der Waals surface area contributed by atoms with Crippen LogP contribution in [0.3, 0.4) is 0 Å². The lowest BCUT2D eigenvalue weighted by Gasteiger charge is -2.31. The molecule has 0 aliphatic carbocycles. The smallest absolute Gasteiger partial charge is 0.0208 e. The first-order valence-electron chi connectivity index (χ1n) is 6.17. The van der Waals surface area contributed by atoms with Gasteiger partial charge in [0.2, 0.25) is 0 Å². The van der Waals surface area contributed by atoms with Crippen LogP contribution in [-0.2, 0) is 6.54 Å². The van der Waals surface area contributed by atoms with Crippen LogP contribution in [0.25, 0.3) is 0 Å². The monoisotopic (exact) mass is 218 g/mol. The second kappa shape index (κ2) is 4.98. The zero-order valence-corrected chi connectivity index (χ0v) is 10.5. The van der Waals surface area contributed by atoms with E-state index in [-0.39, 0.29) is 0 Å². The van der Waals surface area contributed by atoms with Crippen molar-refractivity contribution in [2.24, 2.45) is 0 Å². The molecule has 1 aliphatic rings. The van der Waals surface area contributed by atoms with Crippen molar-refractivity contribution in [1.29, 1.82) is 0 Å². The van der Waals surface area contributed by atoms with Gasteiger partial charge in [-0.2, -0.15) is 0 Å². The molecular formula is C14H22N2. The fourth-order valence-corrected chi connectivity index (χ4v) is 2.31. The highest BCUT2D eigenvalue weighted by molar-refractivity contribution is 5.32. The predicted octanol–water partition coefficient (Wildman–Crippen LogP) is 2.21. The predicted molar refractivity (Wildman–Crippen MR) is 68.7 cm³/mol. The molecule has 2 nitrogen and oxygen atoms in total. The first-order valence-corrected chi connectivity index (χ1v) is 6.17. The molecule has 0 saturated carbocycles. The first kappa shape index (κ1) is 11.6. The van der Waals surface area contributed by atoms with Crippen molar-refractivity contribution >= 4 is 0 Å². The molecule has 1 heterocycles. The quantitative estimate of drug-likeness (QED) is 0.837. The van der Waals surface area contributed by atoms with Gasteiger partial charge in [0.25, 0.3) is 0 Å². The SMILES string of the molecule is CC(C)N(C)CC1CNCc2ccccc21. The van der Waals surface area contributed by atoms with E-state index in [1.54, 1.807) is 0 Å². The highest BCUT2D eigenvalue weighted by Gasteiger charge is 2.21. The number of hydrogen-bond acceptors (Lipinski definition) is 2. The van der Waals surface area contributed by atoms with Gasteiger partial charge < -0.3 is 10.2 Å². The van der Waals surface area contributed by atoms with Crippen molar-refractivity contribution in [2.45, 2.75) is 32.4 Å². The fraction of sp³-hybridized carbons (Fsp3) is 0.571. The topological polar surface area (TPSA) is 15.3 Å². The van der Waals surface area contributed by atoms with Gasteiger partial charge in [-0.3, -0.25) is 0 Å². The molecule has 0 aromatic heterocycles. The summed E-state index contributed by atoms with van der Waals surface area (Å²) in [5, 5.41) is 3.51. The molecule has 1 atom stereocenters. The average Bonchev–Trinajstić information content (AvgIpc) is 2.29. The van der Waals surface area contributed by atoms with Gasteiger partial charge in [-0.05, 0) is 32.0 Å². The van der Waals surface area contributed by atoms with E-state index in [4.69, 9.17) is 0 Å². The van der Waals surface area contributed by atoms with E-state index in [2.05, 4.69) is 55.4 Å². The Bertz CT molecular complexity index is 346. The molecular weight excluding hydrogens is 196 g/mol. The van der Waals surface area contributed by atoms with Gasteiger partial charge in [0.1, 0.15) is 0 Å². The summed E-state index contributed by atoms with van der Waals surface area (Å²) in [7, 11) is 2.21. The van der Waals surface area contributed by atoms with Crippen molar-refractivity contribution in [3.63, 3.8) is 0 Å². The van der Waals surface area contributed by atoms with Crippen LogP contribution in [0.4, 0.5) is 0 Å². The Balaban J connectivity index is 2.13. The third-order valence-corrected chi connectivity index (χ3v) is 3.59. The minimum Gasteiger partial charge on any atom is -0.312 e. The van der Waals surface area contributed by atoms with Crippen molar-refractivity contribution in [2.75, 3.05) is 20.1 Å². The summed E-state index contributed by atoms with van der Waals surface area (Å²) >= 11 is 0. The lowest BCUT2D eigenvalue weighted by Crippen LogP contribution is -2.37. The van der Waals surface area contributed by atoms with Crippen LogP contribution >= 0.6 is 0 Å². The Hall–Kier alpha value is -0.860. The van der Waals surface area contributed by atoms with Crippen molar-refractivity contribution in [3.05, 3.63) is 35.4 Å². The van der Waals surface area contributed by atoms with Crippen LogP contribution in [0.15, 0.2) is 24.3 Å². The second-order valence-corrected chi connectivity index (χ2v) is 5.06. The maximum Gasteiger partial charge on any atom is 0.0208 e. The summed E-state index contributed by atoms with van der Waals surface area (Å²) in [5.41, 5.74) is 3.00. The number of fused-ring (bicyclic) bond motifs is 1. The molecule has 1 aromatic carbocycles. The molecule has 1 unspecified atom stereocenters. The first-order chi connectivity index (χ1) is 7.68. The normalized spacial score (nSPS) is 20.2. The molecule has 1 aromatic rings. The lowest BCUT2D eigenvalue weighted by atomic mass is 9.90. The van der Waals surface area contributed by atoms with Gasteiger partial charge in [0.05, 0.1) is 0 Å². The lowest BCUT2D eigenvalue weighted by molar-refractivity contribution is 0.250. The number of rotatable bonds is 3. The zero-order valence-electron chi connectivity index (χ0n) is 10.5. The Kier molecular flexibility index (Phi) is 3.62. The number of nitrogens with zero attached hydrogens (tertiary/aromatic N) is 1. The minimum atomic E-state index is 0.620. The van der Waals surface area contributed by atoms with Crippen LogP contribution in [0.1, 0.15) is 30.9 Å². The molecule has 0 saturated heterocycles. The van der Waals surface area contributed by atoms with E-state index < -0.39 is 0 Å². The molecule has 0 radical (unpaired) electrons. The number of likely N-dealkylation sites (N-methyl/N-ethyl adjacent to an activating group) is 1. The Labute approximate surface area is 98.7 Å². The third kappa shape index (κ3) is 2.45. The standard InChI is InChI=1S/C14H22N2/c1-11(2)16(3)10-13-9-15-8-12-6-4-5-7-14(12)13/h4-7,11,13,15H,8-10H2,1-3H3. The van der Waals surface area contributed by atoms with Gasteiger partial charge in [-0.25, -0.2) is 0 Å². The number of hydrogen-bond donors (Lipinski definition) is 1. The summed E-state index contributed by atoms with van der Waals surface area (Å²) in [4.78, 5) is 2.43. The Morgan fingerprint density at radius 3 is 2.88 bits per heavy atom. The van der Waals surface area contributed by atoms with Crippen LogP contribution in [-0.4, -0.2) is 31.1 Å². The number of nitrogens with one attached hydrogen (secondary N) is 1. The van der Waals surface area contributed by atoms with Crippen molar-refractivity contribution in [1.82, 2.24) is 10.2 Å².